The van der Waals surface area contributed by atoms with Gasteiger partial charge in [0.1, 0.15) is 19.7 Å². The van der Waals surface area contributed by atoms with Gasteiger partial charge in [-0.15, -0.1) is 5.54 Å². The van der Waals surface area contributed by atoms with Crippen molar-refractivity contribution in [3.63, 3.8) is 0 Å². The Morgan fingerprint density at radius 3 is 2.18 bits per heavy atom. The second-order valence-corrected chi connectivity index (χ2v) is 11.7. The van der Waals surface area contributed by atoms with Crippen molar-refractivity contribution in [2.75, 3.05) is 6.61 Å². The molecule has 0 aliphatic heterocycles. The van der Waals surface area contributed by atoms with E-state index in [9.17, 15) is 14.7 Å². The molecule has 0 aromatic rings. The van der Waals surface area contributed by atoms with Crippen LogP contribution in [0.2, 0.25) is 19.6 Å². The molecule has 0 aromatic carbocycles. The van der Waals surface area contributed by atoms with Crippen molar-refractivity contribution >= 4 is 20.1 Å². The molecule has 0 radical (unpaired) electrons. The molecule has 1 amide bonds. The molecular formula is C15H27NO5Si. The highest BCUT2D eigenvalue weighted by molar-refractivity contribution is 6.83. The van der Waals surface area contributed by atoms with E-state index in [1.54, 1.807) is 20.8 Å². The number of aliphatic hydroxyl groups is 1. The van der Waals surface area contributed by atoms with E-state index in [4.69, 9.17) is 9.47 Å². The lowest BCUT2D eigenvalue weighted by Gasteiger charge is -2.25. The number of alkyl carbamates (subject to hydrolysis) is 1. The topological polar surface area (TPSA) is 84.9 Å². The minimum Gasteiger partial charge on any atom is -0.447 e. The second-order valence-electron chi connectivity index (χ2n) is 6.98. The summed E-state index contributed by atoms with van der Waals surface area (Å²) in [6, 6.07) is -0.845. The van der Waals surface area contributed by atoms with Crippen molar-refractivity contribution in [3.8, 4) is 11.5 Å². The van der Waals surface area contributed by atoms with Crippen LogP contribution in [0.4, 0.5) is 4.79 Å². The van der Waals surface area contributed by atoms with Crippen LogP contribution in [0.3, 0.4) is 0 Å². The lowest BCUT2D eigenvalue weighted by Crippen LogP contribution is -2.48. The first-order valence-corrected chi connectivity index (χ1v) is 10.6. The van der Waals surface area contributed by atoms with Crippen LogP contribution in [0.1, 0.15) is 27.7 Å². The third kappa shape index (κ3) is 10.2. The van der Waals surface area contributed by atoms with Crippen molar-refractivity contribution in [3.05, 3.63) is 0 Å². The summed E-state index contributed by atoms with van der Waals surface area (Å²) in [7, 11) is -1.69. The van der Waals surface area contributed by atoms with Gasteiger partial charge in [0, 0.05) is 6.92 Å². The second kappa shape index (κ2) is 8.20. The maximum Gasteiger partial charge on any atom is 0.408 e. The van der Waals surface area contributed by atoms with Crippen molar-refractivity contribution in [1.29, 1.82) is 0 Å². The lowest BCUT2D eigenvalue weighted by atomic mass is 10.2. The van der Waals surface area contributed by atoms with Crippen LogP contribution >= 0.6 is 0 Å². The van der Waals surface area contributed by atoms with Gasteiger partial charge < -0.3 is 19.9 Å². The molecule has 0 spiro atoms. The molecule has 2 atom stereocenters. The van der Waals surface area contributed by atoms with E-state index in [2.05, 4.69) is 16.8 Å². The molecule has 0 aromatic heterocycles. The molecule has 0 fully saturated rings. The molecular weight excluding hydrogens is 302 g/mol. The van der Waals surface area contributed by atoms with Gasteiger partial charge in [0.25, 0.3) is 0 Å². The summed E-state index contributed by atoms with van der Waals surface area (Å²) in [4.78, 5) is 23.0. The Morgan fingerprint density at radius 2 is 1.82 bits per heavy atom. The molecule has 0 saturated carbocycles. The highest BCUT2D eigenvalue weighted by atomic mass is 28.3. The van der Waals surface area contributed by atoms with E-state index in [0.717, 1.165) is 0 Å². The third-order valence-corrected chi connectivity index (χ3v) is 3.04. The SMILES string of the molecule is CC(=O)OC(C#C[Si](C)(C)C)C(CO)NC(=O)OC(C)(C)C. The fraction of sp³-hybridized carbons (Fsp3) is 0.733. The lowest BCUT2D eigenvalue weighted by molar-refractivity contribution is -0.145. The van der Waals surface area contributed by atoms with Crippen molar-refractivity contribution in [2.45, 2.75) is 65.1 Å². The number of hydrogen-bond acceptors (Lipinski definition) is 5. The first-order chi connectivity index (χ1) is 9.84. The molecule has 7 heteroatoms. The molecule has 0 aliphatic carbocycles. The maximum atomic E-state index is 11.8. The number of aliphatic hydroxyl groups excluding tert-OH is 1. The van der Waals surface area contributed by atoms with Crippen LogP contribution in [0.25, 0.3) is 0 Å². The Labute approximate surface area is 133 Å². The smallest absolute Gasteiger partial charge is 0.408 e. The number of carbonyl (C=O) groups is 2. The van der Waals surface area contributed by atoms with Gasteiger partial charge in [-0.05, 0) is 20.8 Å². The Bertz CT molecular complexity index is 453. The fourth-order valence-corrected chi connectivity index (χ4v) is 1.93. The van der Waals surface area contributed by atoms with Gasteiger partial charge in [-0.2, -0.15) is 0 Å². The Kier molecular flexibility index (Phi) is 7.63. The summed E-state index contributed by atoms with van der Waals surface area (Å²) in [5.74, 6) is 2.32. The molecule has 0 bridgehead atoms. The molecule has 2 N–H and O–H groups in total. The number of carbonyl (C=O) groups excluding carboxylic acids is 2. The summed E-state index contributed by atoms with van der Waals surface area (Å²) in [6.45, 7) is 12.2. The summed E-state index contributed by atoms with van der Waals surface area (Å²) in [5, 5.41) is 12.0. The molecule has 22 heavy (non-hydrogen) atoms. The van der Waals surface area contributed by atoms with Gasteiger partial charge in [0.05, 0.1) is 6.61 Å². The van der Waals surface area contributed by atoms with Gasteiger partial charge in [-0.25, -0.2) is 4.79 Å². The average Bonchev–Trinajstić information content (AvgIpc) is 2.27. The Morgan fingerprint density at radius 1 is 1.27 bits per heavy atom. The van der Waals surface area contributed by atoms with Gasteiger partial charge in [-0.1, -0.05) is 25.6 Å². The van der Waals surface area contributed by atoms with Crippen molar-refractivity contribution in [2.24, 2.45) is 0 Å². The predicted molar refractivity (Wildman–Crippen MR) is 86.9 cm³/mol. The van der Waals surface area contributed by atoms with E-state index in [1.165, 1.54) is 6.92 Å². The molecule has 0 aliphatic rings. The predicted octanol–water partition coefficient (Wildman–Crippen LogP) is 1.68. The number of nitrogens with one attached hydrogen (secondary N) is 1. The minimum absolute atomic E-state index is 0.419. The quantitative estimate of drug-likeness (QED) is 0.466. The van der Waals surface area contributed by atoms with Crippen molar-refractivity contribution in [1.82, 2.24) is 5.32 Å². The summed E-state index contributed by atoms with van der Waals surface area (Å²) < 4.78 is 10.2. The fourth-order valence-electron chi connectivity index (χ4n) is 1.35. The molecule has 0 rings (SSSR count). The standard InChI is InChI=1S/C15H27NO5Si/c1-11(18)20-13(8-9-22(5,6)7)12(10-17)16-14(19)21-15(2,3)4/h12-13,17H,10H2,1-7H3,(H,16,19). The third-order valence-electron chi connectivity index (χ3n) is 2.15. The maximum absolute atomic E-state index is 11.8. The highest BCUT2D eigenvalue weighted by Gasteiger charge is 2.26. The zero-order valence-corrected chi connectivity index (χ0v) is 15.4. The Hall–Kier alpha value is -1.52. The molecule has 6 nitrogen and oxygen atoms in total. The minimum atomic E-state index is -1.69. The summed E-state index contributed by atoms with van der Waals surface area (Å²) in [5.41, 5.74) is 2.41. The van der Waals surface area contributed by atoms with Gasteiger partial charge in [-0.3, -0.25) is 4.79 Å². The number of hydrogen-bond donors (Lipinski definition) is 2. The molecule has 0 saturated heterocycles. The van der Waals surface area contributed by atoms with Gasteiger partial charge in [0.2, 0.25) is 0 Å². The number of amides is 1. The zero-order valence-electron chi connectivity index (χ0n) is 14.4. The van der Waals surface area contributed by atoms with Crippen LogP contribution < -0.4 is 5.32 Å². The van der Waals surface area contributed by atoms with Gasteiger partial charge in [0.15, 0.2) is 6.10 Å². The highest BCUT2D eigenvalue weighted by Crippen LogP contribution is 2.08. The normalized spacial score (nSPS) is 14.2. The average molecular weight is 329 g/mol. The van der Waals surface area contributed by atoms with Crippen LogP contribution in [0.5, 0.6) is 0 Å². The number of ether oxygens (including phenoxy) is 2. The van der Waals surface area contributed by atoms with Crippen LogP contribution in [-0.4, -0.2) is 49.6 Å². The van der Waals surface area contributed by atoms with Crippen LogP contribution in [0.15, 0.2) is 0 Å². The zero-order chi connectivity index (χ0) is 17.6. The van der Waals surface area contributed by atoms with E-state index in [1.807, 2.05) is 19.6 Å². The van der Waals surface area contributed by atoms with E-state index in [0.29, 0.717) is 0 Å². The molecule has 2 unspecified atom stereocenters. The van der Waals surface area contributed by atoms with Crippen LogP contribution in [-0.2, 0) is 14.3 Å². The number of esters is 1. The summed E-state index contributed by atoms with van der Waals surface area (Å²) >= 11 is 0. The summed E-state index contributed by atoms with van der Waals surface area (Å²) in [6.07, 6.45) is -1.61. The van der Waals surface area contributed by atoms with E-state index < -0.39 is 44.5 Å². The first kappa shape index (κ1) is 20.5. The molecule has 0 heterocycles. The van der Waals surface area contributed by atoms with Gasteiger partial charge >= 0.3 is 12.1 Å². The van der Waals surface area contributed by atoms with E-state index >= 15 is 0 Å². The van der Waals surface area contributed by atoms with Crippen molar-refractivity contribution < 1.29 is 24.2 Å². The first-order valence-electron chi connectivity index (χ1n) is 7.14. The largest absolute Gasteiger partial charge is 0.447 e. The Balaban J connectivity index is 5.09. The molecule has 126 valence electrons. The van der Waals surface area contributed by atoms with E-state index in [-0.39, 0.29) is 0 Å². The van der Waals surface area contributed by atoms with Crippen LogP contribution in [0, 0.1) is 11.5 Å². The monoisotopic (exact) mass is 329 g/mol. The number of rotatable bonds is 4.